The zero-order valence-corrected chi connectivity index (χ0v) is 13.5. The molecule has 0 saturated carbocycles. The summed E-state index contributed by atoms with van der Waals surface area (Å²) < 4.78 is 5.37. The molecule has 122 valence electrons. The van der Waals surface area contributed by atoms with Crippen molar-refractivity contribution in [3.8, 4) is 11.8 Å². The molecular formula is C17H15N3O3S. The molecule has 2 amide bonds. The van der Waals surface area contributed by atoms with Gasteiger partial charge in [-0.25, -0.2) is 0 Å². The van der Waals surface area contributed by atoms with Crippen molar-refractivity contribution in [3.05, 3.63) is 54.1 Å². The van der Waals surface area contributed by atoms with E-state index in [9.17, 15) is 9.59 Å². The van der Waals surface area contributed by atoms with Crippen LogP contribution in [0.25, 0.3) is 0 Å². The van der Waals surface area contributed by atoms with Crippen molar-refractivity contribution >= 4 is 29.3 Å². The van der Waals surface area contributed by atoms with Gasteiger partial charge in [0.15, 0.2) is 6.61 Å². The van der Waals surface area contributed by atoms with Crippen LogP contribution in [0, 0.1) is 11.3 Å². The van der Waals surface area contributed by atoms with E-state index >= 15 is 0 Å². The van der Waals surface area contributed by atoms with Gasteiger partial charge in [0.1, 0.15) is 5.75 Å². The lowest BCUT2D eigenvalue weighted by Gasteiger charge is -2.10. The summed E-state index contributed by atoms with van der Waals surface area (Å²) in [6, 6.07) is 15.5. The average Bonchev–Trinajstić information content (AvgIpc) is 2.59. The highest BCUT2D eigenvalue weighted by atomic mass is 32.2. The number of para-hydroxylation sites is 1. The van der Waals surface area contributed by atoms with Gasteiger partial charge in [-0.3, -0.25) is 9.59 Å². The minimum Gasteiger partial charge on any atom is -0.484 e. The third-order valence-corrected chi connectivity index (χ3v) is 3.90. The van der Waals surface area contributed by atoms with Crippen LogP contribution in [0.5, 0.6) is 5.75 Å². The molecule has 2 rings (SSSR count). The van der Waals surface area contributed by atoms with E-state index < -0.39 is 5.91 Å². The molecule has 7 heteroatoms. The van der Waals surface area contributed by atoms with Crippen molar-refractivity contribution in [1.29, 1.82) is 5.26 Å². The number of thioether (sulfide) groups is 1. The van der Waals surface area contributed by atoms with E-state index in [0.717, 1.165) is 4.90 Å². The Hall–Kier alpha value is -2.98. The second-order valence-corrected chi connectivity index (χ2v) is 5.69. The number of primary amides is 1. The minimum absolute atomic E-state index is 0.173. The molecule has 0 heterocycles. The van der Waals surface area contributed by atoms with Crippen molar-refractivity contribution in [3.63, 3.8) is 0 Å². The lowest BCUT2D eigenvalue weighted by molar-refractivity contribution is -0.118. The molecule has 0 fully saturated rings. The molecule has 0 aliphatic carbocycles. The van der Waals surface area contributed by atoms with Crippen LogP contribution in [0.2, 0.25) is 0 Å². The summed E-state index contributed by atoms with van der Waals surface area (Å²) in [6.07, 6.45) is 0. The summed E-state index contributed by atoms with van der Waals surface area (Å²) >= 11 is 1.35. The Morgan fingerprint density at radius 3 is 2.54 bits per heavy atom. The lowest BCUT2D eigenvalue weighted by atomic mass is 10.2. The number of anilines is 1. The normalized spacial score (nSPS) is 9.79. The zero-order valence-electron chi connectivity index (χ0n) is 12.7. The monoisotopic (exact) mass is 341 g/mol. The number of benzene rings is 2. The molecule has 0 radical (unpaired) electrons. The van der Waals surface area contributed by atoms with E-state index in [0.29, 0.717) is 22.8 Å². The highest BCUT2D eigenvalue weighted by molar-refractivity contribution is 7.99. The molecule has 0 aliphatic heterocycles. The maximum Gasteiger partial charge on any atom is 0.262 e. The number of hydrogen-bond acceptors (Lipinski definition) is 5. The van der Waals surface area contributed by atoms with Gasteiger partial charge in [0.25, 0.3) is 5.91 Å². The van der Waals surface area contributed by atoms with E-state index in [-0.39, 0.29) is 12.5 Å². The number of amides is 2. The maximum atomic E-state index is 12.0. The highest BCUT2D eigenvalue weighted by Crippen LogP contribution is 2.26. The van der Waals surface area contributed by atoms with Crippen LogP contribution in [0.15, 0.2) is 53.4 Å². The molecule has 0 saturated heterocycles. The number of carbonyl (C=O) groups is 2. The molecule has 2 aromatic rings. The van der Waals surface area contributed by atoms with Crippen molar-refractivity contribution in [1.82, 2.24) is 0 Å². The first kappa shape index (κ1) is 17.4. The molecular weight excluding hydrogens is 326 g/mol. The average molecular weight is 341 g/mol. The molecule has 3 N–H and O–H groups in total. The number of nitrogens with zero attached hydrogens (tertiary/aromatic N) is 1. The Morgan fingerprint density at radius 1 is 1.17 bits per heavy atom. The largest absolute Gasteiger partial charge is 0.484 e. The molecule has 0 atom stereocenters. The third-order valence-electron chi connectivity index (χ3n) is 2.96. The standard InChI is InChI=1S/C17H15N3O3S/c18-9-10-24-15-4-2-1-3-14(15)20-16(21)11-23-13-7-5-12(6-8-13)17(19)22/h1-8H,10-11H2,(H2,19,22)(H,20,21). The van der Waals surface area contributed by atoms with Gasteiger partial charge in [-0.15, -0.1) is 11.8 Å². The Balaban J connectivity index is 1.92. The van der Waals surface area contributed by atoms with E-state index in [4.69, 9.17) is 15.7 Å². The fourth-order valence-electron chi connectivity index (χ4n) is 1.86. The first-order valence-electron chi connectivity index (χ1n) is 7.01. The molecule has 6 nitrogen and oxygen atoms in total. The number of nitriles is 1. The predicted molar refractivity (Wildman–Crippen MR) is 91.9 cm³/mol. The highest BCUT2D eigenvalue weighted by Gasteiger charge is 2.08. The molecule has 0 bridgehead atoms. The SMILES string of the molecule is N#CCSc1ccccc1NC(=O)COc1ccc(C(N)=O)cc1. The number of rotatable bonds is 7. The Bertz CT molecular complexity index is 769. The van der Waals surface area contributed by atoms with Crippen molar-refractivity contribution in [2.24, 2.45) is 5.73 Å². The summed E-state index contributed by atoms with van der Waals surface area (Å²) in [5.41, 5.74) is 6.16. The van der Waals surface area contributed by atoms with Gasteiger partial charge in [-0.2, -0.15) is 5.26 Å². The van der Waals surface area contributed by atoms with Crippen LogP contribution in [-0.2, 0) is 4.79 Å². The lowest BCUT2D eigenvalue weighted by Crippen LogP contribution is -2.20. The molecule has 2 aromatic carbocycles. The van der Waals surface area contributed by atoms with Crippen LogP contribution in [0.3, 0.4) is 0 Å². The van der Waals surface area contributed by atoms with Crippen LogP contribution in [0.4, 0.5) is 5.69 Å². The molecule has 0 aromatic heterocycles. The van der Waals surface area contributed by atoms with Crippen molar-refractivity contribution < 1.29 is 14.3 Å². The zero-order chi connectivity index (χ0) is 17.4. The number of carbonyl (C=O) groups excluding carboxylic acids is 2. The summed E-state index contributed by atoms with van der Waals surface area (Å²) in [5.74, 6) is -0.0812. The van der Waals surface area contributed by atoms with Crippen molar-refractivity contribution in [2.45, 2.75) is 4.90 Å². The molecule has 0 aliphatic rings. The summed E-state index contributed by atoms with van der Waals surface area (Å²) in [4.78, 5) is 23.8. The first-order valence-corrected chi connectivity index (χ1v) is 8.00. The quantitative estimate of drug-likeness (QED) is 0.752. The fourth-order valence-corrected chi connectivity index (χ4v) is 2.53. The van der Waals surface area contributed by atoms with Crippen LogP contribution >= 0.6 is 11.8 Å². The molecule has 0 spiro atoms. The summed E-state index contributed by atoms with van der Waals surface area (Å²) in [7, 11) is 0. The van der Waals surface area contributed by atoms with Crippen LogP contribution in [0.1, 0.15) is 10.4 Å². The summed E-state index contributed by atoms with van der Waals surface area (Å²) in [6.45, 7) is -0.173. The van der Waals surface area contributed by atoms with Gasteiger partial charge >= 0.3 is 0 Å². The minimum atomic E-state index is -0.522. The van der Waals surface area contributed by atoms with Gasteiger partial charge in [0.2, 0.25) is 5.91 Å². The van der Waals surface area contributed by atoms with Gasteiger partial charge in [-0.1, -0.05) is 12.1 Å². The number of nitrogens with two attached hydrogens (primary N) is 1. The van der Waals surface area contributed by atoms with Crippen LogP contribution < -0.4 is 15.8 Å². The van der Waals surface area contributed by atoms with E-state index in [1.807, 2.05) is 18.2 Å². The Kier molecular flexibility index (Phi) is 6.23. The third kappa shape index (κ3) is 5.04. The van der Waals surface area contributed by atoms with Crippen LogP contribution in [-0.4, -0.2) is 24.2 Å². The number of nitrogens with one attached hydrogen (secondary N) is 1. The Labute approximate surface area is 143 Å². The second kappa shape index (κ2) is 8.60. The number of hydrogen-bond donors (Lipinski definition) is 2. The predicted octanol–water partition coefficient (Wildman–Crippen LogP) is 2.42. The van der Waals surface area contributed by atoms with Gasteiger partial charge < -0.3 is 15.8 Å². The van der Waals surface area contributed by atoms with E-state index in [1.165, 1.54) is 23.9 Å². The maximum absolute atomic E-state index is 12.0. The van der Waals surface area contributed by atoms with Gasteiger partial charge in [0.05, 0.1) is 17.5 Å². The molecule has 0 unspecified atom stereocenters. The second-order valence-electron chi connectivity index (χ2n) is 4.67. The smallest absolute Gasteiger partial charge is 0.262 e. The van der Waals surface area contributed by atoms with Crippen molar-refractivity contribution in [2.75, 3.05) is 17.7 Å². The fraction of sp³-hybridized carbons (Fsp3) is 0.118. The van der Waals surface area contributed by atoms with Gasteiger partial charge in [0, 0.05) is 10.5 Å². The Morgan fingerprint density at radius 2 is 1.88 bits per heavy atom. The van der Waals surface area contributed by atoms with Gasteiger partial charge in [-0.05, 0) is 36.4 Å². The number of ether oxygens (including phenoxy) is 1. The summed E-state index contributed by atoms with van der Waals surface area (Å²) in [5, 5.41) is 11.4. The van der Waals surface area contributed by atoms with E-state index in [2.05, 4.69) is 5.32 Å². The van der Waals surface area contributed by atoms with E-state index in [1.54, 1.807) is 24.3 Å². The topological polar surface area (TPSA) is 105 Å². The molecule has 24 heavy (non-hydrogen) atoms. The first-order chi connectivity index (χ1) is 11.6.